The summed E-state index contributed by atoms with van der Waals surface area (Å²) in [6.45, 7) is 0.705. The van der Waals surface area contributed by atoms with Crippen LogP contribution in [0.5, 0.6) is 0 Å². The third-order valence-electron chi connectivity index (χ3n) is 1.57. The van der Waals surface area contributed by atoms with Crippen LogP contribution < -0.4 is 16.8 Å². The Kier molecular flexibility index (Phi) is 3.69. The maximum atomic E-state index is 11.3. The molecule has 0 unspecified atom stereocenters. The van der Waals surface area contributed by atoms with E-state index in [1.54, 1.807) is 0 Å². The van der Waals surface area contributed by atoms with Gasteiger partial charge in [0.05, 0.1) is 12.4 Å². The summed E-state index contributed by atoms with van der Waals surface area (Å²) in [6, 6.07) is 0. The highest BCUT2D eigenvalue weighted by Gasteiger charge is 2.08. The smallest absolute Gasteiger partial charge is 0.271 e. The first-order valence-corrected chi connectivity index (χ1v) is 4.25. The predicted octanol–water partition coefficient (Wildman–Crippen LogP) is -1.74. The molecule has 0 aliphatic heterocycles. The number of primary amides is 1. The van der Waals surface area contributed by atoms with Crippen molar-refractivity contribution in [3.63, 3.8) is 0 Å². The van der Waals surface area contributed by atoms with E-state index in [9.17, 15) is 9.59 Å². The van der Waals surface area contributed by atoms with Crippen molar-refractivity contribution >= 4 is 11.8 Å². The van der Waals surface area contributed by atoms with Crippen molar-refractivity contribution in [2.75, 3.05) is 13.1 Å². The standard InChI is InChI=1S/C8H11N5O2/c9-1-2-11-8(15)6-4-12-5(3-13-6)7(10)14/h3-4H,1-2,9H2,(H2,10,14)(H,11,15). The molecule has 0 bridgehead atoms. The van der Waals surface area contributed by atoms with E-state index in [1.165, 1.54) is 6.20 Å². The van der Waals surface area contributed by atoms with Crippen LogP contribution in [-0.2, 0) is 0 Å². The molecule has 0 saturated carbocycles. The molecule has 0 radical (unpaired) electrons. The fraction of sp³-hybridized carbons (Fsp3) is 0.250. The minimum atomic E-state index is -0.684. The molecule has 7 heteroatoms. The largest absolute Gasteiger partial charge is 0.364 e. The number of hydrogen-bond acceptors (Lipinski definition) is 5. The van der Waals surface area contributed by atoms with E-state index in [1.807, 2.05) is 0 Å². The molecular weight excluding hydrogens is 198 g/mol. The van der Waals surface area contributed by atoms with Gasteiger partial charge in [0, 0.05) is 13.1 Å². The molecule has 2 amide bonds. The number of carbonyl (C=O) groups excluding carboxylic acids is 2. The summed E-state index contributed by atoms with van der Waals surface area (Å²) in [7, 11) is 0. The van der Waals surface area contributed by atoms with E-state index in [0.717, 1.165) is 6.20 Å². The molecule has 7 nitrogen and oxygen atoms in total. The van der Waals surface area contributed by atoms with Gasteiger partial charge in [-0.2, -0.15) is 0 Å². The van der Waals surface area contributed by atoms with E-state index in [-0.39, 0.29) is 17.3 Å². The van der Waals surface area contributed by atoms with Gasteiger partial charge in [-0.25, -0.2) is 9.97 Å². The summed E-state index contributed by atoms with van der Waals surface area (Å²) >= 11 is 0. The number of amides is 2. The normalized spacial score (nSPS) is 9.67. The first-order valence-electron chi connectivity index (χ1n) is 4.25. The average molecular weight is 209 g/mol. The van der Waals surface area contributed by atoms with Crippen molar-refractivity contribution < 1.29 is 9.59 Å². The molecule has 1 heterocycles. The Balaban J connectivity index is 2.71. The fourth-order valence-corrected chi connectivity index (χ4v) is 0.849. The quantitative estimate of drug-likeness (QED) is 0.543. The molecule has 80 valence electrons. The highest BCUT2D eigenvalue weighted by atomic mass is 16.2. The minimum absolute atomic E-state index is 0.0189. The lowest BCUT2D eigenvalue weighted by atomic mass is 10.3. The summed E-state index contributed by atoms with van der Waals surface area (Å²) < 4.78 is 0. The van der Waals surface area contributed by atoms with Gasteiger partial charge in [-0.1, -0.05) is 0 Å². The van der Waals surface area contributed by atoms with Crippen LogP contribution in [0.2, 0.25) is 0 Å². The van der Waals surface area contributed by atoms with Gasteiger partial charge in [0.15, 0.2) is 0 Å². The van der Waals surface area contributed by atoms with Crippen LogP contribution in [0.25, 0.3) is 0 Å². The Morgan fingerprint density at radius 2 is 1.87 bits per heavy atom. The molecule has 0 fully saturated rings. The zero-order chi connectivity index (χ0) is 11.3. The van der Waals surface area contributed by atoms with Crippen molar-refractivity contribution in [3.8, 4) is 0 Å². The summed E-state index contributed by atoms with van der Waals surface area (Å²) in [5.41, 5.74) is 10.3. The van der Waals surface area contributed by atoms with Gasteiger partial charge < -0.3 is 16.8 Å². The van der Waals surface area contributed by atoms with Crippen LogP contribution in [0.1, 0.15) is 21.0 Å². The highest BCUT2D eigenvalue weighted by molar-refractivity contribution is 5.93. The Bertz CT molecular complexity index is 362. The predicted molar refractivity (Wildman–Crippen MR) is 51.9 cm³/mol. The Morgan fingerprint density at radius 3 is 2.33 bits per heavy atom. The van der Waals surface area contributed by atoms with Gasteiger partial charge in [-0.3, -0.25) is 9.59 Å². The van der Waals surface area contributed by atoms with E-state index in [4.69, 9.17) is 11.5 Å². The minimum Gasteiger partial charge on any atom is -0.364 e. The lowest BCUT2D eigenvalue weighted by molar-refractivity contribution is 0.0945. The Labute approximate surface area is 85.9 Å². The monoisotopic (exact) mass is 209 g/mol. The van der Waals surface area contributed by atoms with Gasteiger partial charge in [0.2, 0.25) is 0 Å². The van der Waals surface area contributed by atoms with Crippen LogP contribution in [0, 0.1) is 0 Å². The second-order valence-corrected chi connectivity index (χ2v) is 2.70. The third kappa shape index (κ3) is 2.99. The topological polar surface area (TPSA) is 124 Å². The Hall–Kier alpha value is -2.02. The maximum absolute atomic E-state index is 11.3. The number of hydrogen-bond donors (Lipinski definition) is 3. The molecule has 0 aliphatic rings. The lowest BCUT2D eigenvalue weighted by Crippen LogP contribution is -2.30. The van der Waals surface area contributed by atoms with Crippen molar-refractivity contribution in [3.05, 3.63) is 23.8 Å². The molecule has 1 aromatic heterocycles. The van der Waals surface area contributed by atoms with Gasteiger partial charge in [-0.05, 0) is 0 Å². The number of nitrogens with zero attached hydrogens (tertiary/aromatic N) is 2. The lowest BCUT2D eigenvalue weighted by Gasteiger charge is -2.01. The summed E-state index contributed by atoms with van der Waals surface area (Å²) in [5, 5.41) is 2.51. The molecule has 1 aromatic rings. The van der Waals surface area contributed by atoms with Gasteiger partial charge in [0.1, 0.15) is 11.4 Å². The van der Waals surface area contributed by atoms with E-state index < -0.39 is 5.91 Å². The van der Waals surface area contributed by atoms with Crippen LogP contribution in [0.4, 0.5) is 0 Å². The number of carbonyl (C=O) groups is 2. The van der Waals surface area contributed by atoms with Crippen LogP contribution in [-0.4, -0.2) is 34.9 Å². The number of rotatable bonds is 4. The molecule has 0 aliphatic carbocycles. The summed E-state index contributed by atoms with van der Waals surface area (Å²) in [5.74, 6) is -1.07. The number of nitrogens with one attached hydrogen (secondary N) is 1. The van der Waals surface area contributed by atoms with Crippen LogP contribution >= 0.6 is 0 Å². The fourth-order valence-electron chi connectivity index (χ4n) is 0.849. The average Bonchev–Trinajstić information content (AvgIpc) is 2.26. The molecule has 0 saturated heterocycles. The molecule has 1 rings (SSSR count). The molecule has 0 aromatic carbocycles. The summed E-state index contributed by atoms with van der Waals surface area (Å²) in [6.07, 6.45) is 2.34. The Morgan fingerprint density at radius 1 is 1.27 bits per heavy atom. The van der Waals surface area contributed by atoms with Crippen LogP contribution in [0.3, 0.4) is 0 Å². The molecule has 0 spiro atoms. The molecule has 15 heavy (non-hydrogen) atoms. The van der Waals surface area contributed by atoms with Crippen molar-refractivity contribution in [2.24, 2.45) is 11.5 Å². The molecule has 5 N–H and O–H groups in total. The highest BCUT2D eigenvalue weighted by Crippen LogP contribution is 1.94. The number of nitrogens with two attached hydrogens (primary N) is 2. The zero-order valence-corrected chi connectivity index (χ0v) is 7.93. The third-order valence-corrected chi connectivity index (χ3v) is 1.57. The zero-order valence-electron chi connectivity index (χ0n) is 7.93. The second-order valence-electron chi connectivity index (χ2n) is 2.70. The van der Waals surface area contributed by atoms with E-state index in [0.29, 0.717) is 13.1 Å². The van der Waals surface area contributed by atoms with Gasteiger partial charge in [0.25, 0.3) is 11.8 Å². The second kappa shape index (κ2) is 5.01. The molecular formula is C8H11N5O2. The van der Waals surface area contributed by atoms with Crippen molar-refractivity contribution in [1.29, 1.82) is 0 Å². The van der Waals surface area contributed by atoms with E-state index in [2.05, 4.69) is 15.3 Å². The number of aromatic nitrogens is 2. The van der Waals surface area contributed by atoms with Gasteiger partial charge in [-0.15, -0.1) is 0 Å². The van der Waals surface area contributed by atoms with Crippen LogP contribution in [0.15, 0.2) is 12.4 Å². The van der Waals surface area contributed by atoms with Gasteiger partial charge >= 0.3 is 0 Å². The molecule has 0 atom stereocenters. The van der Waals surface area contributed by atoms with Crippen molar-refractivity contribution in [2.45, 2.75) is 0 Å². The maximum Gasteiger partial charge on any atom is 0.271 e. The van der Waals surface area contributed by atoms with Crippen molar-refractivity contribution in [1.82, 2.24) is 15.3 Å². The summed E-state index contributed by atoms with van der Waals surface area (Å²) in [4.78, 5) is 29.4. The SMILES string of the molecule is NCCNC(=O)c1cnc(C(N)=O)cn1. The first-order chi connectivity index (χ1) is 7.15. The van der Waals surface area contributed by atoms with E-state index >= 15 is 0 Å². The first kappa shape index (κ1) is 11.1.